The summed E-state index contributed by atoms with van der Waals surface area (Å²) in [6.07, 6.45) is 5.74. The minimum atomic E-state index is -3.56. The third kappa shape index (κ3) is 8.57. The molecule has 0 spiro atoms. The lowest BCUT2D eigenvalue weighted by atomic mass is 10.1. The first-order valence-electron chi connectivity index (χ1n) is 15.4. The third-order valence-corrected chi connectivity index (χ3v) is 9.94. The zero-order valence-corrected chi connectivity index (χ0v) is 26.4. The molecule has 0 atom stereocenters. The zero-order valence-electron chi connectivity index (χ0n) is 25.6. The summed E-state index contributed by atoms with van der Waals surface area (Å²) in [4.78, 5) is 15.9. The predicted molar refractivity (Wildman–Crippen MR) is 173 cm³/mol. The van der Waals surface area contributed by atoms with Crippen LogP contribution in [-0.2, 0) is 37.1 Å². The molecule has 0 aromatic heterocycles. The summed E-state index contributed by atoms with van der Waals surface area (Å²) in [6, 6.07) is 21.1. The van der Waals surface area contributed by atoms with Crippen molar-refractivity contribution >= 4 is 27.5 Å². The standard InChI is InChI=1S/C35H42N2O6S/c1-3-41-19-4-5-26-8-12-32(13-9-26)43-33-14-15-34-29(24-33)23-28(18-22-44(34,39)40)35(38)36-30-10-6-27(7-11-30)25-37(2)31-16-20-42-21-17-31/h6-15,23-24,31H,3-5,16-22,25H2,1-2H3,(H,36,38). The summed E-state index contributed by atoms with van der Waals surface area (Å²) in [5.74, 6) is 0.704. The largest absolute Gasteiger partial charge is 0.457 e. The molecular formula is C35H42N2O6S. The van der Waals surface area contributed by atoms with E-state index in [4.69, 9.17) is 14.2 Å². The molecule has 0 saturated carbocycles. The van der Waals surface area contributed by atoms with Gasteiger partial charge in [0.15, 0.2) is 9.84 Å². The molecule has 1 amide bonds. The van der Waals surface area contributed by atoms with Crippen molar-refractivity contribution in [2.75, 3.05) is 44.5 Å². The lowest BCUT2D eigenvalue weighted by Crippen LogP contribution is -2.36. The van der Waals surface area contributed by atoms with Crippen LogP contribution in [0.1, 0.15) is 49.3 Å². The summed E-state index contributed by atoms with van der Waals surface area (Å²) in [6.45, 7) is 5.88. The molecule has 3 aromatic rings. The predicted octanol–water partition coefficient (Wildman–Crippen LogP) is 6.26. The second-order valence-electron chi connectivity index (χ2n) is 11.4. The van der Waals surface area contributed by atoms with Gasteiger partial charge in [0.25, 0.3) is 5.91 Å². The van der Waals surface area contributed by atoms with E-state index in [1.807, 2.05) is 55.5 Å². The highest BCUT2D eigenvalue weighted by Crippen LogP contribution is 2.32. The normalized spacial score (nSPS) is 16.6. The highest BCUT2D eigenvalue weighted by molar-refractivity contribution is 7.91. The van der Waals surface area contributed by atoms with Crippen molar-refractivity contribution in [2.24, 2.45) is 0 Å². The fourth-order valence-electron chi connectivity index (χ4n) is 5.61. The highest BCUT2D eigenvalue weighted by Gasteiger charge is 2.25. The number of nitrogens with one attached hydrogen (secondary N) is 1. The molecule has 5 rings (SSSR count). The van der Waals surface area contributed by atoms with Gasteiger partial charge in [-0.3, -0.25) is 9.69 Å². The molecule has 1 fully saturated rings. The van der Waals surface area contributed by atoms with Crippen LogP contribution in [0.4, 0.5) is 5.69 Å². The number of carbonyl (C=O) groups excluding carboxylic acids is 1. The summed E-state index contributed by atoms with van der Waals surface area (Å²) in [5, 5.41) is 2.95. The van der Waals surface area contributed by atoms with E-state index in [1.165, 1.54) is 5.56 Å². The molecule has 1 N–H and O–H groups in total. The van der Waals surface area contributed by atoms with Gasteiger partial charge in [-0.15, -0.1) is 0 Å². The molecule has 2 heterocycles. The van der Waals surface area contributed by atoms with Crippen molar-refractivity contribution in [2.45, 2.75) is 56.5 Å². The maximum absolute atomic E-state index is 13.3. The minimum Gasteiger partial charge on any atom is -0.457 e. The van der Waals surface area contributed by atoms with Crippen LogP contribution in [-0.4, -0.2) is 64.5 Å². The maximum atomic E-state index is 13.3. The average Bonchev–Trinajstić information content (AvgIpc) is 3.16. The SMILES string of the molecule is CCOCCCc1ccc(Oc2ccc3c(c2)C=C(C(=O)Nc2ccc(CN(C)C4CCOCC4)cc2)CCS3(=O)=O)cc1. The van der Waals surface area contributed by atoms with Crippen LogP contribution in [0.25, 0.3) is 6.08 Å². The first-order chi connectivity index (χ1) is 21.3. The Kier molecular flexibility index (Phi) is 10.9. The van der Waals surface area contributed by atoms with Gasteiger partial charge >= 0.3 is 0 Å². The molecular weight excluding hydrogens is 576 g/mol. The Morgan fingerprint density at radius 3 is 2.41 bits per heavy atom. The molecule has 0 unspecified atom stereocenters. The maximum Gasteiger partial charge on any atom is 0.251 e. The van der Waals surface area contributed by atoms with E-state index in [1.54, 1.807) is 24.3 Å². The Hall–Kier alpha value is -3.50. The number of carbonyl (C=O) groups is 1. The Balaban J connectivity index is 1.24. The molecule has 0 aliphatic carbocycles. The zero-order chi connectivity index (χ0) is 30.9. The van der Waals surface area contributed by atoms with Gasteiger partial charge in [0.1, 0.15) is 11.5 Å². The van der Waals surface area contributed by atoms with E-state index in [0.717, 1.165) is 64.2 Å². The number of amides is 1. The van der Waals surface area contributed by atoms with Crippen molar-refractivity contribution in [3.05, 3.63) is 89.0 Å². The summed E-state index contributed by atoms with van der Waals surface area (Å²) < 4.78 is 43.1. The number of ether oxygens (including phenoxy) is 3. The van der Waals surface area contributed by atoms with Crippen LogP contribution in [0.3, 0.4) is 0 Å². The number of fused-ring (bicyclic) bond motifs is 1. The quantitative estimate of drug-likeness (QED) is 0.240. The van der Waals surface area contributed by atoms with Crippen molar-refractivity contribution in [1.82, 2.24) is 4.90 Å². The lowest BCUT2D eigenvalue weighted by molar-refractivity contribution is -0.112. The number of benzene rings is 3. The van der Waals surface area contributed by atoms with Crippen LogP contribution in [0.5, 0.6) is 11.5 Å². The van der Waals surface area contributed by atoms with E-state index in [2.05, 4.69) is 17.3 Å². The van der Waals surface area contributed by atoms with Gasteiger partial charge in [0.2, 0.25) is 0 Å². The second-order valence-corrected chi connectivity index (χ2v) is 13.5. The fraction of sp³-hybridized carbons (Fsp3) is 0.400. The monoisotopic (exact) mass is 618 g/mol. The molecule has 8 nitrogen and oxygen atoms in total. The Morgan fingerprint density at radius 2 is 1.68 bits per heavy atom. The van der Waals surface area contributed by atoms with Gasteiger partial charge in [-0.25, -0.2) is 8.42 Å². The van der Waals surface area contributed by atoms with Gasteiger partial charge in [0.05, 0.1) is 10.6 Å². The Bertz CT molecular complexity index is 1550. The van der Waals surface area contributed by atoms with Gasteiger partial charge in [-0.05, 0) is 111 Å². The molecule has 3 aromatic carbocycles. The number of nitrogens with zero attached hydrogens (tertiary/aromatic N) is 1. The third-order valence-electron chi connectivity index (χ3n) is 8.15. The van der Waals surface area contributed by atoms with Crippen LogP contribution in [0.2, 0.25) is 0 Å². The first kappa shape index (κ1) is 31.9. The number of rotatable bonds is 12. The molecule has 1 saturated heterocycles. The number of anilines is 1. The molecule has 0 bridgehead atoms. The summed E-state index contributed by atoms with van der Waals surface area (Å²) in [7, 11) is -1.43. The second kappa shape index (κ2) is 15.0. The summed E-state index contributed by atoms with van der Waals surface area (Å²) in [5.41, 5.74) is 3.88. The van der Waals surface area contributed by atoms with Gasteiger partial charge in [-0.1, -0.05) is 24.3 Å². The molecule has 44 heavy (non-hydrogen) atoms. The van der Waals surface area contributed by atoms with Gasteiger partial charge < -0.3 is 19.5 Å². The van der Waals surface area contributed by atoms with Crippen LogP contribution >= 0.6 is 0 Å². The minimum absolute atomic E-state index is 0.123. The van der Waals surface area contributed by atoms with Crippen LogP contribution in [0, 0.1) is 0 Å². The number of aryl methyl sites for hydroxylation is 1. The molecule has 0 radical (unpaired) electrons. The smallest absolute Gasteiger partial charge is 0.251 e. The molecule has 2 aliphatic heterocycles. The van der Waals surface area contributed by atoms with E-state index in [0.29, 0.717) is 34.4 Å². The fourth-order valence-corrected chi connectivity index (χ4v) is 7.07. The molecule has 2 aliphatic rings. The summed E-state index contributed by atoms with van der Waals surface area (Å²) >= 11 is 0. The van der Waals surface area contributed by atoms with Gasteiger partial charge in [0, 0.05) is 50.3 Å². The van der Waals surface area contributed by atoms with Crippen molar-refractivity contribution in [3.8, 4) is 11.5 Å². The highest BCUT2D eigenvalue weighted by atomic mass is 32.2. The molecule has 234 valence electrons. The van der Waals surface area contributed by atoms with Crippen LogP contribution < -0.4 is 10.1 Å². The number of hydrogen-bond donors (Lipinski definition) is 1. The van der Waals surface area contributed by atoms with Gasteiger partial charge in [-0.2, -0.15) is 0 Å². The van der Waals surface area contributed by atoms with Crippen LogP contribution in [0.15, 0.2) is 77.2 Å². The van der Waals surface area contributed by atoms with E-state index in [-0.39, 0.29) is 23.0 Å². The Morgan fingerprint density at radius 1 is 0.977 bits per heavy atom. The number of sulfone groups is 1. The van der Waals surface area contributed by atoms with E-state index < -0.39 is 9.84 Å². The van der Waals surface area contributed by atoms with E-state index >= 15 is 0 Å². The Labute approximate surface area is 260 Å². The molecule has 9 heteroatoms. The van der Waals surface area contributed by atoms with Crippen molar-refractivity contribution in [3.63, 3.8) is 0 Å². The van der Waals surface area contributed by atoms with E-state index in [9.17, 15) is 13.2 Å². The average molecular weight is 619 g/mol. The van der Waals surface area contributed by atoms with Crippen molar-refractivity contribution < 1.29 is 27.4 Å². The first-order valence-corrected chi connectivity index (χ1v) is 17.1. The topological polar surface area (TPSA) is 94.2 Å². The van der Waals surface area contributed by atoms with Crippen molar-refractivity contribution in [1.29, 1.82) is 0 Å². The lowest BCUT2D eigenvalue weighted by Gasteiger charge is -2.31. The number of hydrogen-bond acceptors (Lipinski definition) is 7.